The van der Waals surface area contributed by atoms with Crippen molar-refractivity contribution in [3.8, 4) is 11.3 Å². The number of pyridine rings is 1. The molecule has 1 spiro atoms. The Hall–Kier alpha value is -3.02. The molecule has 2 fully saturated rings. The molecule has 1 radical (unpaired) electrons. The molecule has 1 aromatic heterocycles. The van der Waals surface area contributed by atoms with Crippen LogP contribution in [0.15, 0.2) is 60.4 Å². The number of carbonyl (C=O) groups excluding carboxylic acids is 1. The number of fused-ring (bicyclic) bond motifs is 2. The summed E-state index contributed by atoms with van der Waals surface area (Å²) in [5.74, 6) is -2.36. The Bertz CT molecular complexity index is 2040. The predicted molar refractivity (Wildman–Crippen MR) is 223 cm³/mol. The molecule has 0 amide bonds. The Morgan fingerprint density at radius 1 is 0.929 bits per heavy atom. The van der Waals surface area contributed by atoms with E-state index in [-0.39, 0.29) is 31.6 Å². The molecular formula is C49H63F3IrNO2-. The van der Waals surface area contributed by atoms with Gasteiger partial charge in [0.05, 0.1) is 5.52 Å². The average Bonchev–Trinajstić information content (AvgIpc) is 3.06. The zero-order valence-corrected chi connectivity index (χ0v) is 37.9. The van der Waals surface area contributed by atoms with Crippen molar-refractivity contribution < 1.29 is 43.2 Å². The van der Waals surface area contributed by atoms with E-state index in [0.29, 0.717) is 35.0 Å². The number of benzene rings is 3. The first-order chi connectivity index (χ1) is 25.5. The van der Waals surface area contributed by atoms with Crippen molar-refractivity contribution in [2.24, 2.45) is 22.2 Å². The number of ketones is 1. The van der Waals surface area contributed by atoms with Gasteiger partial charge in [-0.1, -0.05) is 104 Å². The third kappa shape index (κ3) is 10.5. The Balaban J connectivity index is 0.000000398. The minimum atomic E-state index is -4.83. The largest absolute Gasteiger partial charge is 0.504 e. The van der Waals surface area contributed by atoms with E-state index >= 15 is 0 Å². The molecule has 4 aromatic rings. The third-order valence-electron chi connectivity index (χ3n) is 12.2. The molecule has 2 aliphatic rings. The molecule has 3 aromatic carbocycles. The molecule has 0 aliphatic heterocycles. The number of rotatable bonds is 6. The van der Waals surface area contributed by atoms with Crippen molar-refractivity contribution in [2.45, 2.75) is 151 Å². The summed E-state index contributed by atoms with van der Waals surface area (Å²) < 4.78 is 35.4. The summed E-state index contributed by atoms with van der Waals surface area (Å²) in [5.41, 5.74) is 10.3. The number of allylic oxidation sites excluding steroid dienone is 2. The summed E-state index contributed by atoms with van der Waals surface area (Å²) in [5, 5.41) is 12.4. The van der Waals surface area contributed by atoms with Crippen molar-refractivity contribution >= 4 is 27.5 Å². The van der Waals surface area contributed by atoms with Gasteiger partial charge in [-0.2, -0.15) is 13.2 Å². The maximum Gasteiger partial charge on any atom is 0.448 e. The molecule has 0 atom stereocenters. The molecule has 0 saturated heterocycles. The van der Waals surface area contributed by atoms with E-state index in [0.717, 1.165) is 16.8 Å². The Labute approximate surface area is 347 Å². The molecule has 7 heteroatoms. The number of nitrogens with zero attached hydrogens (tertiary/aromatic N) is 1. The molecule has 1 heterocycles. The quantitative estimate of drug-likeness (QED) is 0.119. The summed E-state index contributed by atoms with van der Waals surface area (Å²) in [6.45, 7) is 24.9. The van der Waals surface area contributed by atoms with Crippen LogP contribution in [0.2, 0.25) is 0 Å². The van der Waals surface area contributed by atoms with Gasteiger partial charge in [0.25, 0.3) is 0 Å². The number of carbonyl (C=O) groups is 1. The Morgan fingerprint density at radius 2 is 1.52 bits per heavy atom. The van der Waals surface area contributed by atoms with Gasteiger partial charge in [-0.05, 0) is 122 Å². The number of aliphatic hydroxyl groups excluding tert-OH is 1. The molecule has 2 saturated carbocycles. The van der Waals surface area contributed by atoms with Crippen molar-refractivity contribution in [1.29, 1.82) is 0 Å². The molecule has 1 N–H and O–H groups in total. The fourth-order valence-corrected chi connectivity index (χ4v) is 10.7. The standard InChI is InChI=1S/C40H50N.C9H13F3O2.Ir/c1-26-18-27(2)36-32(28-14-16-40(17-15-28)24-38(6,7)23-39(8,9)25-40)22-34(41-35(36)19-26)30-20-29-12-10-11-13-31(29)33(21-30)37(3,4)5;1-3-6(4-2)7(13)5-8(14)9(10,11)12;/h10-13,18-19,21-22,28H,14-17,23-25H2,1-9H3;5-6,14H,3-4H2,1-2H3;/q-1;;/b;8-5-;. The van der Waals surface area contributed by atoms with Crippen LogP contribution in [0.4, 0.5) is 13.2 Å². The second kappa shape index (κ2) is 17.1. The molecular weight excluding hydrogens is 884 g/mol. The first-order valence-electron chi connectivity index (χ1n) is 20.4. The first-order valence-corrected chi connectivity index (χ1v) is 20.4. The van der Waals surface area contributed by atoms with Gasteiger partial charge >= 0.3 is 6.18 Å². The first kappa shape index (κ1) is 45.7. The maximum atomic E-state index is 11.8. The number of halogens is 3. The number of hydrogen-bond donors (Lipinski definition) is 1. The van der Waals surface area contributed by atoms with Gasteiger partial charge in [0.1, 0.15) is 0 Å². The van der Waals surface area contributed by atoms with Crippen molar-refractivity contribution in [3.63, 3.8) is 0 Å². The zero-order valence-electron chi connectivity index (χ0n) is 35.5. The van der Waals surface area contributed by atoms with Gasteiger partial charge in [-0.25, -0.2) is 0 Å². The fourth-order valence-electron chi connectivity index (χ4n) is 10.7. The fraction of sp³-hybridized carbons (Fsp3) is 0.551. The third-order valence-corrected chi connectivity index (χ3v) is 12.2. The molecule has 0 bridgehead atoms. The molecule has 3 nitrogen and oxygen atoms in total. The van der Waals surface area contributed by atoms with Crippen molar-refractivity contribution in [1.82, 2.24) is 4.98 Å². The van der Waals surface area contributed by atoms with Crippen molar-refractivity contribution in [3.05, 3.63) is 88.7 Å². The minimum Gasteiger partial charge on any atom is -0.504 e. The van der Waals surface area contributed by atoms with Crippen LogP contribution in [0, 0.1) is 42.1 Å². The predicted octanol–water partition coefficient (Wildman–Crippen LogP) is 14.6. The number of aromatic nitrogens is 1. The number of aryl methyl sites for hydroxylation is 2. The van der Waals surface area contributed by atoms with Gasteiger partial charge in [0.2, 0.25) is 5.76 Å². The average molecular weight is 947 g/mol. The van der Waals surface area contributed by atoms with Crippen LogP contribution >= 0.6 is 0 Å². The summed E-state index contributed by atoms with van der Waals surface area (Å²) in [6, 6.07) is 22.0. The summed E-state index contributed by atoms with van der Waals surface area (Å²) >= 11 is 0. The second-order valence-corrected chi connectivity index (χ2v) is 19.5. The van der Waals surface area contributed by atoms with E-state index in [2.05, 4.69) is 117 Å². The molecule has 56 heavy (non-hydrogen) atoms. The number of aliphatic hydroxyl groups is 1. The van der Waals surface area contributed by atoms with E-state index in [4.69, 9.17) is 10.1 Å². The van der Waals surface area contributed by atoms with Crippen LogP contribution in [0.25, 0.3) is 32.9 Å². The van der Waals surface area contributed by atoms with Gasteiger partial charge in [0.15, 0.2) is 5.78 Å². The smallest absolute Gasteiger partial charge is 0.448 e. The normalized spacial score (nSPS) is 18.4. The second-order valence-electron chi connectivity index (χ2n) is 19.5. The topological polar surface area (TPSA) is 50.2 Å². The SMILES string of the molecule is CCC(CC)C(=O)/C=C(\O)C(F)(F)F.Cc1cc(C)c2c(C3CCC4(CC3)CC(C)(C)CC(C)(C)C4)cc(-c3[c-]c4ccccc4c(C(C)(C)C)c3)nc2c1.[Ir]. The summed E-state index contributed by atoms with van der Waals surface area (Å²) in [4.78, 5) is 16.5. The van der Waals surface area contributed by atoms with E-state index in [1.807, 2.05) is 0 Å². The summed E-state index contributed by atoms with van der Waals surface area (Å²) in [6.07, 6.45) is 5.76. The van der Waals surface area contributed by atoms with Gasteiger partial charge in [-0.3, -0.25) is 9.78 Å². The van der Waals surface area contributed by atoms with Crippen molar-refractivity contribution in [2.75, 3.05) is 0 Å². The van der Waals surface area contributed by atoms with Gasteiger partial charge < -0.3 is 5.11 Å². The van der Waals surface area contributed by atoms with E-state index in [9.17, 15) is 18.0 Å². The van der Waals surface area contributed by atoms with Crippen LogP contribution < -0.4 is 0 Å². The Morgan fingerprint density at radius 3 is 2.07 bits per heavy atom. The number of hydrogen-bond acceptors (Lipinski definition) is 3. The maximum absolute atomic E-state index is 11.8. The monoisotopic (exact) mass is 947 g/mol. The van der Waals surface area contributed by atoms with Crippen LogP contribution in [0.5, 0.6) is 0 Å². The van der Waals surface area contributed by atoms with Crippen LogP contribution in [0.3, 0.4) is 0 Å². The Kier molecular flexibility index (Phi) is 13.9. The van der Waals surface area contributed by atoms with E-state index in [1.54, 1.807) is 13.8 Å². The minimum absolute atomic E-state index is 0. The van der Waals surface area contributed by atoms with Crippen LogP contribution in [-0.2, 0) is 30.3 Å². The van der Waals surface area contributed by atoms with Gasteiger partial charge in [-0.15, -0.1) is 29.1 Å². The van der Waals surface area contributed by atoms with Crippen LogP contribution in [-0.4, -0.2) is 22.1 Å². The van der Waals surface area contributed by atoms with Gasteiger partial charge in [0, 0.05) is 43.2 Å². The zero-order chi connectivity index (χ0) is 40.7. The number of alkyl halides is 3. The molecule has 307 valence electrons. The van der Waals surface area contributed by atoms with E-state index in [1.165, 1.54) is 83.4 Å². The molecule has 6 rings (SSSR count). The van der Waals surface area contributed by atoms with E-state index < -0.39 is 23.6 Å². The molecule has 2 aliphatic carbocycles. The summed E-state index contributed by atoms with van der Waals surface area (Å²) in [7, 11) is 0. The van der Waals surface area contributed by atoms with Crippen LogP contribution in [0.1, 0.15) is 148 Å². The molecule has 0 unspecified atom stereocenters.